The fourth-order valence-corrected chi connectivity index (χ4v) is 2.27. The molecule has 0 fully saturated rings. The lowest BCUT2D eigenvalue weighted by atomic mass is 10.1. The van der Waals surface area contributed by atoms with Crippen LogP contribution in [0.2, 0.25) is 5.02 Å². The number of hydrogen-bond acceptors (Lipinski definition) is 4. The summed E-state index contributed by atoms with van der Waals surface area (Å²) in [4.78, 5) is 0. The number of rotatable bonds is 6. The third kappa shape index (κ3) is 4.03. The van der Waals surface area contributed by atoms with Crippen LogP contribution in [0.15, 0.2) is 36.4 Å². The summed E-state index contributed by atoms with van der Waals surface area (Å²) in [5.74, 6) is 1.31. The van der Waals surface area contributed by atoms with E-state index in [-0.39, 0.29) is 5.75 Å². The first-order valence-electron chi connectivity index (χ1n) is 6.53. The first-order valence-corrected chi connectivity index (χ1v) is 6.91. The van der Waals surface area contributed by atoms with E-state index in [1.165, 1.54) is 7.11 Å². The summed E-state index contributed by atoms with van der Waals surface area (Å²) in [7, 11) is 3.14. The molecule has 5 heteroatoms. The van der Waals surface area contributed by atoms with Gasteiger partial charge in [-0.15, -0.1) is 0 Å². The van der Waals surface area contributed by atoms with Crippen molar-refractivity contribution in [1.82, 2.24) is 5.32 Å². The van der Waals surface area contributed by atoms with Crippen LogP contribution in [0.25, 0.3) is 0 Å². The maximum Gasteiger partial charge on any atom is 0.162 e. The van der Waals surface area contributed by atoms with Crippen molar-refractivity contribution in [2.75, 3.05) is 14.2 Å². The minimum Gasteiger partial charge on any atom is -0.504 e. The predicted octanol–water partition coefficient (Wildman–Crippen LogP) is 3.35. The molecule has 2 aromatic rings. The maximum atomic E-state index is 10.0. The normalized spacial score (nSPS) is 10.4. The molecule has 21 heavy (non-hydrogen) atoms. The Morgan fingerprint density at radius 3 is 2.62 bits per heavy atom. The third-order valence-electron chi connectivity index (χ3n) is 3.12. The Balaban J connectivity index is 2.01. The van der Waals surface area contributed by atoms with Gasteiger partial charge in [-0.05, 0) is 23.8 Å². The summed E-state index contributed by atoms with van der Waals surface area (Å²) in [6.45, 7) is 1.14. The van der Waals surface area contributed by atoms with E-state index in [0.717, 1.165) is 11.3 Å². The first-order chi connectivity index (χ1) is 10.1. The minimum atomic E-state index is 0.111. The largest absolute Gasteiger partial charge is 0.504 e. The van der Waals surface area contributed by atoms with E-state index in [0.29, 0.717) is 29.4 Å². The molecule has 0 radical (unpaired) electrons. The van der Waals surface area contributed by atoms with Crippen molar-refractivity contribution in [3.8, 4) is 17.2 Å². The van der Waals surface area contributed by atoms with Crippen molar-refractivity contribution in [2.45, 2.75) is 13.1 Å². The number of methoxy groups -OCH3 is 2. The highest BCUT2D eigenvalue weighted by Gasteiger charge is 2.09. The summed E-state index contributed by atoms with van der Waals surface area (Å²) in [6, 6.07) is 11.1. The zero-order valence-corrected chi connectivity index (χ0v) is 12.8. The lowest BCUT2D eigenvalue weighted by Crippen LogP contribution is -2.13. The fraction of sp³-hybridized carbons (Fsp3) is 0.250. The van der Waals surface area contributed by atoms with Gasteiger partial charge in [-0.2, -0.15) is 0 Å². The van der Waals surface area contributed by atoms with Gasteiger partial charge < -0.3 is 19.9 Å². The van der Waals surface area contributed by atoms with Crippen molar-refractivity contribution in [1.29, 1.82) is 0 Å². The molecular formula is C16H18ClNO3. The van der Waals surface area contributed by atoms with E-state index in [2.05, 4.69) is 5.32 Å². The van der Waals surface area contributed by atoms with Crippen LogP contribution in [0.4, 0.5) is 0 Å². The number of hydrogen-bond donors (Lipinski definition) is 2. The molecule has 0 saturated heterocycles. The number of phenols is 1. The second-order valence-corrected chi connectivity index (χ2v) is 5.01. The topological polar surface area (TPSA) is 50.7 Å². The van der Waals surface area contributed by atoms with Crippen molar-refractivity contribution in [3.05, 3.63) is 52.5 Å². The molecule has 2 N–H and O–H groups in total. The SMILES string of the molecule is COc1cccc(CNCc2cc(Cl)cc(OC)c2O)c1. The highest BCUT2D eigenvalue weighted by molar-refractivity contribution is 6.30. The summed E-state index contributed by atoms with van der Waals surface area (Å²) < 4.78 is 10.3. The zero-order chi connectivity index (χ0) is 15.2. The Hall–Kier alpha value is -1.91. The van der Waals surface area contributed by atoms with Crippen LogP contribution in [-0.4, -0.2) is 19.3 Å². The first kappa shape index (κ1) is 15.5. The minimum absolute atomic E-state index is 0.111. The molecule has 0 atom stereocenters. The van der Waals surface area contributed by atoms with Crippen molar-refractivity contribution >= 4 is 11.6 Å². The molecule has 0 unspecified atom stereocenters. The van der Waals surface area contributed by atoms with Crippen LogP contribution in [0.5, 0.6) is 17.2 Å². The molecule has 2 aromatic carbocycles. The van der Waals surface area contributed by atoms with Gasteiger partial charge in [-0.3, -0.25) is 0 Å². The molecule has 0 aliphatic rings. The van der Waals surface area contributed by atoms with Crippen LogP contribution in [0.3, 0.4) is 0 Å². The molecule has 0 aliphatic heterocycles. The molecule has 0 spiro atoms. The van der Waals surface area contributed by atoms with Gasteiger partial charge in [0.15, 0.2) is 11.5 Å². The molecule has 0 bridgehead atoms. The molecule has 2 rings (SSSR count). The van der Waals surface area contributed by atoms with E-state index in [1.807, 2.05) is 24.3 Å². The lowest BCUT2D eigenvalue weighted by molar-refractivity contribution is 0.369. The third-order valence-corrected chi connectivity index (χ3v) is 3.34. The summed E-state index contributed by atoms with van der Waals surface area (Å²) in [5.41, 5.74) is 1.80. The molecule has 0 aromatic heterocycles. The number of nitrogens with one attached hydrogen (secondary N) is 1. The van der Waals surface area contributed by atoms with E-state index < -0.39 is 0 Å². The molecule has 0 saturated carbocycles. The van der Waals surface area contributed by atoms with Gasteiger partial charge in [0, 0.05) is 29.7 Å². The molecule has 112 valence electrons. The van der Waals surface area contributed by atoms with Crippen LogP contribution in [0.1, 0.15) is 11.1 Å². The van der Waals surface area contributed by atoms with Crippen LogP contribution >= 0.6 is 11.6 Å². The quantitative estimate of drug-likeness (QED) is 0.859. The fourth-order valence-electron chi connectivity index (χ4n) is 2.04. The van der Waals surface area contributed by atoms with Crippen LogP contribution in [-0.2, 0) is 13.1 Å². The number of ether oxygens (including phenoxy) is 2. The van der Waals surface area contributed by atoms with Crippen molar-refractivity contribution < 1.29 is 14.6 Å². The van der Waals surface area contributed by atoms with E-state index >= 15 is 0 Å². The van der Waals surface area contributed by atoms with E-state index in [9.17, 15) is 5.11 Å². The average Bonchev–Trinajstić information content (AvgIpc) is 2.50. The second kappa shape index (κ2) is 7.20. The smallest absolute Gasteiger partial charge is 0.162 e. The standard InChI is InChI=1S/C16H18ClNO3/c1-20-14-5-3-4-11(6-14)9-18-10-12-7-13(17)8-15(21-2)16(12)19/h3-8,18-19H,9-10H2,1-2H3. The Morgan fingerprint density at radius 1 is 1.10 bits per heavy atom. The Labute approximate surface area is 129 Å². The van der Waals surface area contributed by atoms with Gasteiger partial charge in [-0.25, -0.2) is 0 Å². The van der Waals surface area contributed by atoms with Crippen molar-refractivity contribution in [2.24, 2.45) is 0 Å². The van der Waals surface area contributed by atoms with Gasteiger partial charge >= 0.3 is 0 Å². The Morgan fingerprint density at radius 2 is 1.90 bits per heavy atom. The zero-order valence-electron chi connectivity index (χ0n) is 12.0. The van der Waals surface area contributed by atoms with E-state index in [4.69, 9.17) is 21.1 Å². The Bertz CT molecular complexity index is 616. The van der Waals surface area contributed by atoms with E-state index in [1.54, 1.807) is 19.2 Å². The molecule has 0 aliphatic carbocycles. The second-order valence-electron chi connectivity index (χ2n) is 4.57. The molecular weight excluding hydrogens is 290 g/mol. The maximum absolute atomic E-state index is 10.0. The highest BCUT2D eigenvalue weighted by Crippen LogP contribution is 2.33. The lowest BCUT2D eigenvalue weighted by Gasteiger charge is -2.11. The highest BCUT2D eigenvalue weighted by atomic mass is 35.5. The predicted molar refractivity (Wildman–Crippen MR) is 83.2 cm³/mol. The Kier molecular flexibility index (Phi) is 5.31. The summed E-state index contributed by atoms with van der Waals surface area (Å²) in [5, 5.41) is 13.8. The number of phenolic OH excluding ortho intramolecular Hbond substituents is 1. The van der Waals surface area contributed by atoms with Gasteiger partial charge in [0.1, 0.15) is 5.75 Å². The monoisotopic (exact) mass is 307 g/mol. The van der Waals surface area contributed by atoms with Crippen LogP contribution in [0, 0.1) is 0 Å². The number of benzene rings is 2. The van der Waals surface area contributed by atoms with Crippen LogP contribution < -0.4 is 14.8 Å². The molecule has 0 amide bonds. The van der Waals surface area contributed by atoms with Gasteiger partial charge in [0.05, 0.1) is 14.2 Å². The molecule has 4 nitrogen and oxygen atoms in total. The van der Waals surface area contributed by atoms with Crippen molar-refractivity contribution in [3.63, 3.8) is 0 Å². The summed E-state index contributed by atoms with van der Waals surface area (Å²) >= 11 is 6.00. The molecule has 0 heterocycles. The number of halogens is 1. The van der Waals surface area contributed by atoms with Gasteiger partial charge in [-0.1, -0.05) is 23.7 Å². The summed E-state index contributed by atoms with van der Waals surface area (Å²) in [6.07, 6.45) is 0. The van der Waals surface area contributed by atoms with Gasteiger partial charge in [0.2, 0.25) is 0 Å². The van der Waals surface area contributed by atoms with Gasteiger partial charge in [0.25, 0.3) is 0 Å². The number of aromatic hydroxyl groups is 1. The average molecular weight is 308 g/mol.